The number of anilines is 1. The van der Waals surface area contributed by atoms with Gasteiger partial charge in [-0.2, -0.15) is 0 Å². The lowest BCUT2D eigenvalue weighted by molar-refractivity contribution is 0.126. The predicted octanol–water partition coefficient (Wildman–Crippen LogP) is 2.48. The van der Waals surface area contributed by atoms with Crippen molar-refractivity contribution in [3.05, 3.63) is 66.5 Å². The van der Waals surface area contributed by atoms with Crippen LogP contribution in [0.4, 0.5) is 5.82 Å². The van der Waals surface area contributed by atoms with Crippen molar-refractivity contribution in [2.75, 3.05) is 38.5 Å². The highest BCUT2D eigenvalue weighted by atomic mass is 15.3. The maximum atomic E-state index is 5.68. The summed E-state index contributed by atoms with van der Waals surface area (Å²) in [4.78, 5) is 12.7. The van der Waals surface area contributed by atoms with Gasteiger partial charge in [0.15, 0.2) is 0 Å². The molecule has 1 aromatic carbocycles. The Morgan fingerprint density at radius 3 is 2.55 bits per heavy atom. The molecule has 160 valence electrons. The second kappa shape index (κ2) is 8.87. The topological polar surface area (TPSA) is 91.9 Å². The van der Waals surface area contributed by atoms with Crippen LogP contribution in [0.25, 0.3) is 16.6 Å². The number of piperazine rings is 1. The minimum absolute atomic E-state index is 0.582. The highest BCUT2D eigenvalue weighted by Gasteiger charge is 2.17. The molecule has 0 spiro atoms. The zero-order chi connectivity index (χ0) is 21.0. The first-order chi connectivity index (χ1) is 15.2. The second-order valence-electron chi connectivity index (χ2n) is 8.23. The molecule has 1 saturated heterocycles. The number of nitrogens with two attached hydrogens (primary N) is 1. The van der Waals surface area contributed by atoms with Gasteiger partial charge in [-0.15, -0.1) is 10.2 Å². The Morgan fingerprint density at radius 1 is 0.968 bits per heavy atom. The normalized spacial score (nSPS) is 15.6. The van der Waals surface area contributed by atoms with Gasteiger partial charge in [-0.3, -0.25) is 9.47 Å². The maximum Gasteiger partial charge on any atom is 0.123 e. The zero-order valence-electron chi connectivity index (χ0n) is 17.6. The number of hydrogen-bond acceptors (Lipinski definition) is 6. The number of fused-ring (bicyclic) bond motifs is 1. The summed E-state index contributed by atoms with van der Waals surface area (Å²) in [6, 6.07) is 10.4. The van der Waals surface area contributed by atoms with Crippen LogP contribution in [0.3, 0.4) is 0 Å². The highest BCUT2D eigenvalue weighted by Crippen LogP contribution is 2.23. The SMILES string of the molecule is Nc1ccc(CN2CCN(CCCc3c[nH]c4ccc(-n5cnnc5)cc34)CC2)cn1. The zero-order valence-corrected chi connectivity index (χ0v) is 17.6. The van der Waals surface area contributed by atoms with Crippen LogP contribution in [-0.4, -0.2) is 67.3 Å². The molecule has 4 aromatic rings. The van der Waals surface area contributed by atoms with Gasteiger partial charge in [0.25, 0.3) is 0 Å². The molecule has 0 saturated carbocycles. The van der Waals surface area contributed by atoms with E-state index < -0.39 is 0 Å². The van der Waals surface area contributed by atoms with Gasteiger partial charge in [0.2, 0.25) is 0 Å². The number of rotatable bonds is 7. The number of nitrogen functional groups attached to an aromatic ring is 1. The molecule has 31 heavy (non-hydrogen) atoms. The van der Waals surface area contributed by atoms with Crippen molar-refractivity contribution in [2.45, 2.75) is 19.4 Å². The Bertz CT molecular complexity index is 1110. The Hall–Kier alpha value is -3.23. The first kappa shape index (κ1) is 19.7. The van der Waals surface area contributed by atoms with E-state index in [0.29, 0.717) is 5.82 Å². The standard InChI is InChI=1S/C23H28N8/c24-23-6-3-18(13-26-23)15-30-10-8-29(9-11-30)7-1-2-19-14-25-22-5-4-20(12-21(19)22)31-16-27-28-17-31/h3-6,12-14,16-17,25H,1-2,7-11,15H2,(H2,24,26). The molecule has 0 atom stereocenters. The summed E-state index contributed by atoms with van der Waals surface area (Å²) in [7, 11) is 0. The lowest BCUT2D eigenvalue weighted by Crippen LogP contribution is -2.46. The minimum atomic E-state index is 0.582. The highest BCUT2D eigenvalue weighted by molar-refractivity contribution is 5.85. The van der Waals surface area contributed by atoms with Crippen molar-refractivity contribution in [2.24, 2.45) is 0 Å². The van der Waals surface area contributed by atoms with Crippen molar-refractivity contribution in [3.8, 4) is 5.69 Å². The minimum Gasteiger partial charge on any atom is -0.384 e. The van der Waals surface area contributed by atoms with Gasteiger partial charge in [0, 0.05) is 61.7 Å². The second-order valence-corrected chi connectivity index (χ2v) is 8.23. The maximum absolute atomic E-state index is 5.68. The van der Waals surface area contributed by atoms with E-state index in [4.69, 9.17) is 5.73 Å². The molecule has 8 nitrogen and oxygen atoms in total. The summed E-state index contributed by atoms with van der Waals surface area (Å²) in [5, 5.41) is 9.11. The molecule has 5 rings (SSSR count). The number of aryl methyl sites for hydroxylation is 1. The van der Waals surface area contributed by atoms with E-state index in [1.54, 1.807) is 12.7 Å². The number of H-pyrrole nitrogens is 1. The van der Waals surface area contributed by atoms with Crippen molar-refractivity contribution in [1.82, 2.24) is 34.5 Å². The van der Waals surface area contributed by atoms with E-state index >= 15 is 0 Å². The molecule has 0 amide bonds. The summed E-state index contributed by atoms with van der Waals surface area (Å²) >= 11 is 0. The van der Waals surface area contributed by atoms with Crippen LogP contribution in [0, 0.1) is 0 Å². The third-order valence-electron chi connectivity index (χ3n) is 6.11. The predicted molar refractivity (Wildman–Crippen MR) is 122 cm³/mol. The molecule has 1 aliphatic rings. The van der Waals surface area contributed by atoms with Gasteiger partial charge in [-0.25, -0.2) is 4.98 Å². The summed E-state index contributed by atoms with van der Waals surface area (Å²) < 4.78 is 1.94. The summed E-state index contributed by atoms with van der Waals surface area (Å²) in [6.07, 6.45) is 9.74. The van der Waals surface area contributed by atoms with Crippen LogP contribution in [0.15, 0.2) is 55.4 Å². The fourth-order valence-corrected chi connectivity index (χ4v) is 4.32. The summed E-state index contributed by atoms with van der Waals surface area (Å²) in [5.41, 5.74) is 10.6. The van der Waals surface area contributed by atoms with Gasteiger partial charge in [0.1, 0.15) is 18.5 Å². The Kier molecular flexibility index (Phi) is 5.64. The van der Waals surface area contributed by atoms with E-state index in [0.717, 1.165) is 57.8 Å². The first-order valence-corrected chi connectivity index (χ1v) is 10.8. The smallest absolute Gasteiger partial charge is 0.123 e. The quantitative estimate of drug-likeness (QED) is 0.481. The summed E-state index contributed by atoms with van der Waals surface area (Å²) in [6.45, 7) is 6.52. The largest absolute Gasteiger partial charge is 0.384 e. The van der Waals surface area contributed by atoms with Gasteiger partial charge in [0.05, 0.1) is 0 Å². The third-order valence-corrected chi connectivity index (χ3v) is 6.11. The Morgan fingerprint density at radius 2 is 1.77 bits per heavy atom. The number of nitrogens with one attached hydrogen (secondary N) is 1. The molecule has 0 radical (unpaired) electrons. The van der Waals surface area contributed by atoms with Gasteiger partial charge in [-0.05, 0) is 54.8 Å². The molecular formula is C23H28N8. The Labute approximate surface area is 181 Å². The van der Waals surface area contributed by atoms with Crippen LogP contribution in [0.5, 0.6) is 0 Å². The number of pyridine rings is 1. The summed E-state index contributed by atoms with van der Waals surface area (Å²) in [5.74, 6) is 0.582. The molecule has 8 heteroatoms. The van der Waals surface area contributed by atoms with Crippen LogP contribution < -0.4 is 5.73 Å². The van der Waals surface area contributed by atoms with Crippen molar-refractivity contribution in [1.29, 1.82) is 0 Å². The van der Waals surface area contributed by atoms with Crippen LogP contribution in [0.1, 0.15) is 17.5 Å². The fraction of sp³-hybridized carbons (Fsp3) is 0.348. The van der Waals surface area contributed by atoms with Crippen LogP contribution >= 0.6 is 0 Å². The lowest BCUT2D eigenvalue weighted by Gasteiger charge is -2.34. The molecule has 1 aliphatic heterocycles. The van der Waals surface area contributed by atoms with E-state index in [1.807, 2.05) is 16.8 Å². The van der Waals surface area contributed by atoms with E-state index in [9.17, 15) is 0 Å². The molecule has 3 aromatic heterocycles. The average molecular weight is 417 g/mol. The van der Waals surface area contributed by atoms with Crippen LogP contribution in [-0.2, 0) is 13.0 Å². The molecule has 0 aliphatic carbocycles. The number of hydrogen-bond donors (Lipinski definition) is 2. The van der Waals surface area contributed by atoms with E-state index in [1.165, 1.54) is 22.0 Å². The number of aromatic nitrogens is 5. The third kappa shape index (κ3) is 4.60. The lowest BCUT2D eigenvalue weighted by atomic mass is 10.1. The van der Waals surface area contributed by atoms with Crippen LogP contribution in [0.2, 0.25) is 0 Å². The molecule has 3 N–H and O–H groups in total. The van der Waals surface area contributed by atoms with Crippen molar-refractivity contribution >= 4 is 16.7 Å². The van der Waals surface area contributed by atoms with Gasteiger partial charge < -0.3 is 15.6 Å². The number of aromatic amines is 1. The number of benzene rings is 1. The van der Waals surface area contributed by atoms with E-state index in [2.05, 4.69) is 60.4 Å². The van der Waals surface area contributed by atoms with E-state index in [-0.39, 0.29) is 0 Å². The van der Waals surface area contributed by atoms with Crippen molar-refractivity contribution in [3.63, 3.8) is 0 Å². The molecular weight excluding hydrogens is 388 g/mol. The van der Waals surface area contributed by atoms with Gasteiger partial charge >= 0.3 is 0 Å². The fourth-order valence-electron chi connectivity index (χ4n) is 4.32. The molecule has 0 bridgehead atoms. The molecule has 0 unspecified atom stereocenters. The average Bonchev–Trinajstić information content (AvgIpc) is 3.47. The molecule has 1 fully saturated rings. The molecule has 4 heterocycles. The monoisotopic (exact) mass is 416 g/mol. The first-order valence-electron chi connectivity index (χ1n) is 10.8. The van der Waals surface area contributed by atoms with Crippen molar-refractivity contribution < 1.29 is 0 Å². The Balaban J connectivity index is 1.12. The number of nitrogens with zero attached hydrogens (tertiary/aromatic N) is 6. The van der Waals surface area contributed by atoms with Gasteiger partial charge in [-0.1, -0.05) is 6.07 Å².